The number of rotatable bonds is 4. The molecule has 1 aromatic rings. The average Bonchev–Trinajstić information content (AvgIpc) is 3.44. The van der Waals surface area contributed by atoms with E-state index in [1.165, 1.54) is 4.90 Å². The number of halogens is 1. The summed E-state index contributed by atoms with van der Waals surface area (Å²) < 4.78 is 0.952. The number of anilines is 1. The molecule has 1 N–H and O–H groups in total. The topological polar surface area (TPSA) is 66.5 Å². The predicted molar refractivity (Wildman–Crippen MR) is 104 cm³/mol. The standard InChI is InChI=1S/C21H21BrN2O3/c1-2-10-7-11(22)3-6-16(10)23-17(25)9-24-20(26)18-12-4-5-13(15-8-14(12)15)19(18)21(24)27/h3-7,12-15,18-19H,2,8-9H2,1H3,(H,23,25)/t12-,13+,14-,15-,18+,19-/m1/s1. The molecular weight excluding hydrogens is 408 g/mol. The van der Waals surface area contributed by atoms with E-state index in [0.717, 1.165) is 28.6 Å². The lowest BCUT2D eigenvalue weighted by Crippen LogP contribution is -2.40. The van der Waals surface area contributed by atoms with Gasteiger partial charge in [-0.1, -0.05) is 35.0 Å². The Hall–Kier alpha value is -1.95. The number of nitrogens with zero attached hydrogens (tertiary/aromatic N) is 1. The molecule has 5 nitrogen and oxygen atoms in total. The van der Waals surface area contributed by atoms with Crippen molar-refractivity contribution in [2.75, 3.05) is 11.9 Å². The van der Waals surface area contributed by atoms with Gasteiger partial charge in [-0.3, -0.25) is 19.3 Å². The van der Waals surface area contributed by atoms with Crippen LogP contribution in [0.15, 0.2) is 34.8 Å². The zero-order chi connectivity index (χ0) is 18.9. The van der Waals surface area contributed by atoms with Crippen LogP contribution in [0.1, 0.15) is 18.9 Å². The SMILES string of the molecule is CCc1cc(Br)ccc1NC(=O)CN1C(=O)[C@@H]2[C@H]3C=C[C@H]([C@H]4C[C@H]34)[C@@H]2C1=O. The van der Waals surface area contributed by atoms with Gasteiger partial charge in [-0.15, -0.1) is 0 Å². The Labute approximate surface area is 166 Å². The molecular formula is C21H21BrN2O3. The zero-order valence-corrected chi connectivity index (χ0v) is 16.6. The number of hydrogen-bond donors (Lipinski definition) is 1. The molecule has 1 aromatic carbocycles. The Morgan fingerprint density at radius 3 is 2.37 bits per heavy atom. The molecule has 3 amide bonds. The molecule has 1 aliphatic heterocycles. The first-order valence-electron chi connectivity index (χ1n) is 9.61. The molecule has 1 saturated heterocycles. The van der Waals surface area contributed by atoms with Gasteiger partial charge < -0.3 is 5.32 Å². The molecule has 2 bridgehead atoms. The molecule has 140 valence electrons. The van der Waals surface area contributed by atoms with Crippen molar-refractivity contribution in [1.82, 2.24) is 4.90 Å². The van der Waals surface area contributed by atoms with E-state index < -0.39 is 0 Å². The van der Waals surface area contributed by atoms with E-state index in [4.69, 9.17) is 0 Å². The highest BCUT2D eigenvalue weighted by atomic mass is 79.9. The smallest absolute Gasteiger partial charge is 0.244 e. The van der Waals surface area contributed by atoms with Crippen LogP contribution in [0, 0.1) is 35.5 Å². The zero-order valence-electron chi connectivity index (χ0n) is 15.0. The van der Waals surface area contributed by atoms with E-state index in [-0.39, 0.29) is 47.9 Å². The number of carbonyl (C=O) groups is 3. The first-order valence-corrected chi connectivity index (χ1v) is 10.4. The molecule has 1 heterocycles. The summed E-state index contributed by atoms with van der Waals surface area (Å²) in [6, 6.07) is 5.67. The molecule has 3 fully saturated rings. The Kier molecular flexibility index (Phi) is 3.83. The van der Waals surface area contributed by atoms with Gasteiger partial charge in [0, 0.05) is 10.2 Å². The Morgan fingerprint density at radius 1 is 1.15 bits per heavy atom. The number of imide groups is 1. The van der Waals surface area contributed by atoms with Crippen LogP contribution in [0.3, 0.4) is 0 Å². The van der Waals surface area contributed by atoms with Crippen LogP contribution in [-0.2, 0) is 20.8 Å². The van der Waals surface area contributed by atoms with Crippen molar-refractivity contribution in [2.24, 2.45) is 35.5 Å². The van der Waals surface area contributed by atoms with Crippen LogP contribution >= 0.6 is 15.9 Å². The Morgan fingerprint density at radius 2 is 1.78 bits per heavy atom. The number of carbonyl (C=O) groups excluding carboxylic acids is 3. The maximum Gasteiger partial charge on any atom is 0.244 e. The highest BCUT2D eigenvalue weighted by molar-refractivity contribution is 9.10. The summed E-state index contributed by atoms with van der Waals surface area (Å²) in [7, 11) is 0. The van der Waals surface area contributed by atoms with Gasteiger partial charge in [0.25, 0.3) is 0 Å². The van der Waals surface area contributed by atoms with E-state index in [1.807, 2.05) is 25.1 Å². The van der Waals surface area contributed by atoms with Crippen molar-refractivity contribution in [3.63, 3.8) is 0 Å². The van der Waals surface area contributed by atoms with Gasteiger partial charge in [-0.2, -0.15) is 0 Å². The molecule has 0 spiro atoms. The van der Waals surface area contributed by atoms with Gasteiger partial charge in [0.05, 0.1) is 11.8 Å². The highest BCUT2D eigenvalue weighted by Gasteiger charge is 2.67. The minimum Gasteiger partial charge on any atom is -0.324 e. The van der Waals surface area contributed by atoms with Crippen LogP contribution in [0.2, 0.25) is 0 Å². The number of nitrogens with one attached hydrogen (secondary N) is 1. The molecule has 5 aliphatic rings. The van der Waals surface area contributed by atoms with Gasteiger partial charge in [-0.05, 0) is 60.3 Å². The lowest BCUT2D eigenvalue weighted by molar-refractivity contribution is -0.142. The fourth-order valence-electron chi connectivity index (χ4n) is 5.48. The van der Waals surface area contributed by atoms with Crippen molar-refractivity contribution in [1.29, 1.82) is 0 Å². The predicted octanol–water partition coefficient (Wildman–Crippen LogP) is 3.00. The number of likely N-dealkylation sites (tertiary alicyclic amines) is 1. The fourth-order valence-corrected chi connectivity index (χ4v) is 5.89. The number of aryl methyl sites for hydroxylation is 1. The molecule has 0 radical (unpaired) electrons. The fraction of sp³-hybridized carbons (Fsp3) is 0.476. The van der Waals surface area contributed by atoms with E-state index >= 15 is 0 Å². The first-order chi connectivity index (χ1) is 13.0. The van der Waals surface area contributed by atoms with Gasteiger partial charge >= 0.3 is 0 Å². The van der Waals surface area contributed by atoms with E-state index in [2.05, 4.69) is 33.4 Å². The van der Waals surface area contributed by atoms with Crippen molar-refractivity contribution in [3.05, 3.63) is 40.4 Å². The first kappa shape index (κ1) is 17.2. The van der Waals surface area contributed by atoms with E-state index in [9.17, 15) is 14.4 Å². The molecule has 6 heteroatoms. The molecule has 2 saturated carbocycles. The lowest BCUT2D eigenvalue weighted by atomic mass is 9.63. The molecule has 0 aromatic heterocycles. The molecule has 6 rings (SSSR count). The quantitative estimate of drug-likeness (QED) is 0.591. The summed E-state index contributed by atoms with van der Waals surface area (Å²) in [6.07, 6.45) is 6.20. The summed E-state index contributed by atoms with van der Waals surface area (Å²) in [5.41, 5.74) is 1.73. The second kappa shape index (κ2) is 6.03. The normalized spacial score (nSPS) is 35.3. The monoisotopic (exact) mass is 428 g/mol. The maximum absolute atomic E-state index is 12.9. The minimum atomic E-state index is -0.321. The summed E-state index contributed by atoms with van der Waals surface area (Å²) in [5, 5.41) is 2.87. The Balaban J connectivity index is 1.33. The number of allylic oxidation sites excluding steroid dienone is 2. The number of hydrogen-bond acceptors (Lipinski definition) is 3. The summed E-state index contributed by atoms with van der Waals surface area (Å²) in [5.74, 6) is 0.389. The van der Waals surface area contributed by atoms with Crippen molar-refractivity contribution >= 4 is 39.3 Å². The third-order valence-corrected chi connectivity index (χ3v) is 7.27. The van der Waals surface area contributed by atoms with Crippen LogP contribution in [0.5, 0.6) is 0 Å². The van der Waals surface area contributed by atoms with Crippen LogP contribution < -0.4 is 5.32 Å². The van der Waals surface area contributed by atoms with E-state index in [0.29, 0.717) is 11.8 Å². The third-order valence-electron chi connectivity index (χ3n) is 6.78. The van der Waals surface area contributed by atoms with Crippen LogP contribution in [-0.4, -0.2) is 29.2 Å². The largest absolute Gasteiger partial charge is 0.324 e. The average molecular weight is 429 g/mol. The minimum absolute atomic E-state index is 0.156. The molecule has 0 unspecified atom stereocenters. The second-order valence-corrected chi connectivity index (χ2v) is 9.04. The lowest BCUT2D eigenvalue weighted by Gasteiger charge is -2.37. The highest BCUT2D eigenvalue weighted by Crippen LogP contribution is 2.65. The molecule has 4 aliphatic carbocycles. The summed E-state index contributed by atoms with van der Waals surface area (Å²) in [4.78, 5) is 39.7. The Bertz CT molecular complexity index is 859. The maximum atomic E-state index is 12.9. The van der Waals surface area contributed by atoms with Gasteiger partial charge in [0.2, 0.25) is 17.7 Å². The van der Waals surface area contributed by atoms with Crippen LogP contribution in [0.4, 0.5) is 5.69 Å². The molecule has 6 atom stereocenters. The summed E-state index contributed by atoms with van der Waals surface area (Å²) in [6.45, 7) is 1.82. The van der Waals surface area contributed by atoms with Gasteiger partial charge in [0.15, 0.2) is 0 Å². The van der Waals surface area contributed by atoms with Crippen LogP contribution in [0.25, 0.3) is 0 Å². The van der Waals surface area contributed by atoms with Gasteiger partial charge in [-0.25, -0.2) is 0 Å². The van der Waals surface area contributed by atoms with Gasteiger partial charge in [0.1, 0.15) is 6.54 Å². The second-order valence-electron chi connectivity index (χ2n) is 8.12. The van der Waals surface area contributed by atoms with Crippen molar-refractivity contribution < 1.29 is 14.4 Å². The van der Waals surface area contributed by atoms with Crippen molar-refractivity contribution in [3.8, 4) is 0 Å². The number of benzene rings is 1. The number of amides is 3. The summed E-state index contributed by atoms with van der Waals surface area (Å²) >= 11 is 3.43. The van der Waals surface area contributed by atoms with E-state index in [1.54, 1.807) is 0 Å². The third kappa shape index (κ3) is 2.53. The van der Waals surface area contributed by atoms with Crippen molar-refractivity contribution in [2.45, 2.75) is 19.8 Å². The molecule has 27 heavy (non-hydrogen) atoms.